The number of amides is 1. The standard InChI is InChI=1S/C18H23N3O3S/c1-12-4-3-5-14(10-12)19-16(22)11-25-18-21-20-17(24-18)13-6-8-15(23-2)9-7-13/h6-9,12,14H,3-5,10-11H2,1-2H3,(H,19,22). The molecule has 2 unspecified atom stereocenters. The molecule has 6 nitrogen and oxygen atoms in total. The molecule has 1 N–H and O–H groups in total. The van der Waals surface area contributed by atoms with E-state index in [1.807, 2.05) is 24.3 Å². The number of carbonyl (C=O) groups is 1. The van der Waals surface area contributed by atoms with Crippen molar-refractivity contribution in [2.45, 2.75) is 43.9 Å². The summed E-state index contributed by atoms with van der Waals surface area (Å²) in [6.07, 6.45) is 4.59. The van der Waals surface area contributed by atoms with Crippen LogP contribution >= 0.6 is 11.8 Å². The first-order valence-corrected chi connectivity index (χ1v) is 9.52. The smallest absolute Gasteiger partial charge is 0.277 e. The minimum Gasteiger partial charge on any atom is -0.497 e. The molecule has 3 rings (SSSR count). The maximum Gasteiger partial charge on any atom is 0.277 e. The van der Waals surface area contributed by atoms with E-state index in [1.165, 1.54) is 24.6 Å². The van der Waals surface area contributed by atoms with E-state index in [-0.39, 0.29) is 11.7 Å². The van der Waals surface area contributed by atoms with Gasteiger partial charge in [0.2, 0.25) is 11.8 Å². The van der Waals surface area contributed by atoms with Crippen LogP contribution in [0.3, 0.4) is 0 Å². The molecule has 25 heavy (non-hydrogen) atoms. The molecule has 1 aliphatic carbocycles. The van der Waals surface area contributed by atoms with E-state index in [2.05, 4.69) is 22.4 Å². The predicted octanol–water partition coefficient (Wildman–Crippen LogP) is 3.53. The molecule has 1 aromatic heterocycles. The molecule has 1 aliphatic rings. The maximum absolute atomic E-state index is 12.1. The molecule has 134 valence electrons. The van der Waals surface area contributed by atoms with Crippen molar-refractivity contribution in [2.75, 3.05) is 12.9 Å². The fourth-order valence-electron chi connectivity index (χ4n) is 3.08. The van der Waals surface area contributed by atoms with Gasteiger partial charge >= 0.3 is 0 Å². The molecule has 1 heterocycles. The summed E-state index contributed by atoms with van der Waals surface area (Å²) in [6.45, 7) is 2.24. The van der Waals surface area contributed by atoms with Crippen molar-refractivity contribution < 1.29 is 13.9 Å². The number of ether oxygens (including phenoxy) is 1. The van der Waals surface area contributed by atoms with Crippen LogP contribution in [0.5, 0.6) is 5.75 Å². The van der Waals surface area contributed by atoms with Crippen LogP contribution < -0.4 is 10.1 Å². The minimum absolute atomic E-state index is 0.0216. The third-order valence-corrected chi connectivity index (χ3v) is 5.19. The number of carbonyl (C=O) groups excluding carboxylic acids is 1. The number of benzene rings is 1. The van der Waals surface area contributed by atoms with Gasteiger partial charge in [0.15, 0.2) is 0 Å². The molecule has 2 aromatic rings. The van der Waals surface area contributed by atoms with E-state index >= 15 is 0 Å². The first kappa shape index (κ1) is 17.8. The van der Waals surface area contributed by atoms with Gasteiger partial charge in [-0.1, -0.05) is 31.5 Å². The third kappa shape index (κ3) is 4.98. The SMILES string of the molecule is COc1ccc(-c2nnc(SCC(=O)NC3CCCC(C)C3)o2)cc1. The fraction of sp³-hybridized carbons (Fsp3) is 0.500. The Morgan fingerprint density at radius 3 is 2.84 bits per heavy atom. The first-order valence-electron chi connectivity index (χ1n) is 8.54. The topological polar surface area (TPSA) is 77.2 Å². The van der Waals surface area contributed by atoms with Gasteiger partial charge in [0.25, 0.3) is 5.22 Å². The van der Waals surface area contributed by atoms with Crippen LogP contribution in [0.4, 0.5) is 0 Å². The monoisotopic (exact) mass is 361 g/mol. The number of rotatable bonds is 6. The van der Waals surface area contributed by atoms with Crippen molar-refractivity contribution in [3.05, 3.63) is 24.3 Å². The van der Waals surface area contributed by atoms with Crippen LogP contribution in [0.15, 0.2) is 33.9 Å². The number of nitrogens with one attached hydrogen (secondary N) is 1. The lowest BCUT2D eigenvalue weighted by molar-refractivity contribution is -0.119. The highest BCUT2D eigenvalue weighted by Crippen LogP contribution is 2.26. The van der Waals surface area contributed by atoms with Gasteiger partial charge in [-0.05, 0) is 43.0 Å². The molecule has 1 fully saturated rings. The lowest BCUT2D eigenvalue weighted by atomic mass is 9.87. The molecule has 0 saturated heterocycles. The molecule has 0 aliphatic heterocycles. The second kappa shape index (κ2) is 8.38. The van der Waals surface area contributed by atoms with Crippen molar-refractivity contribution >= 4 is 17.7 Å². The van der Waals surface area contributed by atoms with Crippen molar-refractivity contribution in [3.63, 3.8) is 0 Å². The summed E-state index contributed by atoms with van der Waals surface area (Å²) < 4.78 is 10.7. The fourth-order valence-corrected chi connectivity index (χ4v) is 3.65. The Hall–Kier alpha value is -2.02. The average Bonchev–Trinajstić information content (AvgIpc) is 3.09. The molecule has 0 spiro atoms. The molecular formula is C18H23N3O3S. The average molecular weight is 361 g/mol. The van der Waals surface area contributed by atoms with Crippen LogP contribution in [0.25, 0.3) is 11.5 Å². The van der Waals surface area contributed by atoms with Gasteiger partial charge in [-0.3, -0.25) is 4.79 Å². The second-order valence-electron chi connectivity index (χ2n) is 6.43. The summed E-state index contributed by atoms with van der Waals surface area (Å²) in [5, 5.41) is 11.5. The van der Waals surface area contributed by atoms with Gasteiger partial charge in [0.1, 0.15) is 5.75 Å². The lowest BCUT2D eigenvalue weighted by Gasteiger charge is -2.27. The minimum atomic E-state index is 0.0216. The van der Waals surface area contributed by atoms with E-state index in [9.17, 15) is 4.79 Å². The Balaban J connectivity index is 1.50. The quantitative estimate of drug-likeness (QED) is 0.793. The molecule has 7 heteroatoms. The van der Waals surface area contributed by atoms with Crippen LogP contribution in [0, 0.1) is 5.92 Å². The summed E-state index contributed by atoms with van der Waals surface area (Å²) in [4.78, 5) is 12.1. The molecule has 0 radical (unpaired) electrons. The van der Waals surface area contributed by atoms with Crippen molar-refractivity contribution in [3.8, 4) is 17.2 Å². The van der Waals surface area contributed by atoms with Gasteiger partial charge < -0.3 is 14.5 Å². The normalized spacial score (nSPS) is 20.2. The second-order valence-corrected chi connectivity index (χ2v) is 7.35. The zero-order valence-corrected chi connectivity index (χ0v) is 15.3. The summed E-state index contributed by atoms with van der Waals surface area (Å²) in [5.41, 5.74) is 0.820. The van der Waals surface area contributed by atoms with Gasteiger partial charge in [0, 0.05) is 11.6 Å². The van der Waals surface area contributed by atoms with E-state index in [0.717, 1.165) is 24.2 Å². The van der Waals surface area contributed by atoms with Gasteiger partial charge in [0.05, 0.1) is 12.9 Å². The highest BCUT2D eigenvalue weighted by Gasteiger charge is 2.20. The molecule has 2 atom stereocenters. The summed E-state index contributed by atoms with van der Waals surface area (Å²) in [5.74, 6) is 2.20. The van der Waals surface area contributed by atoms with Gasteiger partial charge in [-0.25, -0.2) is 0 Å². The summed E-state index contributed by atoms with van der Waals surface area (Å²) in [7, 11) is 1.62. The van der Waals surface area contributed by atoms with Crippen LogP contribution in [0.1, 0.15) is 32.6 Å². The van der Waals surface area contributed by atoms with Crippen LogP contribution in [-0.2, 0) is 4.79 Å². The number of methoxy groups -OCH3 is 1. The first-order chi connectivity index (χ1) is 12.1. The number of hydrogen-bond donors (Lipinski definition) is 1. The largest absolute Gasteiger partial charge is 0.497 e. The van der Waals surface area contributed by atoms with Crippen LogP contribution in [0.2, 0.25) is 0 Å². The molecule has 1 saturated carbocycles. The van der Waals surface area contributed by atoms with Gasteiger partial charge in [-0.15, -0.1) is 10.2 Å². The van der Waals surface area contributed by atoms with Crippen molar-refractivity contribution in [2.24, 2.45) is 5.92 Å². The molecular weight excluding hydrogens is 338 g/mol. The Kier molecular flexibility index (Phi) is 5.96. The van der Waals surface area contributed by atoms with E-state index in [0.29, 0.717) is 23.1 Å². The van der Waals surface area contributed by atoms with Crippen molar-refractivity contribution in [1.82, 2.24) is 15.5 Å². The van der Waals surface area contributed by atoms with Crippen LogP contribution in [-0.4, -0.2) is 35.0 Å². The third-order valence-electron chi connectivity index (χ3n) is 4.37. The maximum atomic E-state index is 12.1. The predicted molar refractivity (Wildman–Crippen MR) is 96.6 cm³/mol. The Morgan fingerprint density at radius 2 is 2.12 bits per heavy atom. The molecule has 1 amide bonds. The van der Waals surface area contributed by atoms with E-state index in [1.54, 1.807) is 7.11 Å². The van der Waals surface area contributed by atoms with Gasteiger partial charge in [-0.2, -0.15) is 0 Å². The summed E-state index contributed by atoms with van der Waals surface area (Å²) >= 11 is 1.26. The number of nitrogens with zero attached hydrogens (tertiary/aromatic N) is 2. The molecule has 1 aromatic carbocycles. The zero-order chi connectivity index (χ0) is 17.6. The Morgan fingerprint density at radius 1 is 1.32 bits per heavy atom. The zero-order valence-electron chi connectivity index (χ0n) is 14.5. The number of aromatic nitrogens is 2. The highest BCUT2D eigenvalue weighted by molar-refractivity contribution is 7.99. The number of hydrogen-bond acceptors (Lipinski definition) is 6. The number of thioether (sulfide) groups is 1. The Bertz CT molecular complexity index is 702. The van der Waals surface area contributed by atoms with Crippen molar-refractivity contribution in [1.29, 1.82) is 0 Å². The summed E-state index contributed by atoms with van der Waals surface area (Å²) in [6, 6.07) is 7.69. The molecule has 0 bridgehead atoms. The highest BCUT2D eigenvalue weighted by atomic mass is 32.2. The van der Waals surface area contributed by atoms with E-state index in [4.69, 9.17) is 9.15 Å². The lowest BCUT2D eigenvalue weighted by Crippen LogP contribution is -2.38. The Labute approximate surface area is 151 Å². The van der Waals surface area contributed by atoms with E-state index < -0.39 is 0 Å².